The smallest absolute Gasteiger partial charge is 0.346 e. The number of nitro groups is 1. The van der Waals surface area contributed by atoms with Crippen molar-refractivity contribution in [2.45, 2.75) is 13.0 Å². The zero-order valence-electron chi connectivity index (χ0n) is 15.7. The molecule has 2 aliphatic heterocycles. The highest BCUT2D eigenvalue weighted by Gasteiger charge is 2.29. The molecular formula is C19H16N2O9. The van der Waals surface area contributed by atoms with Gasteiger partial charge in [0.05, 0.1) is 11.0 Å². The Morgan fingerprint density at radius 1 is 1.03 bits per heavy atom. The molecule has 1 amide bonds. The maximum absolute atomic E-state index is 12.5. The number of carbonyl (C=O) groups excluding carboxylic acids is 2. The van der Waals surface area contributed by atoms with Crippen LogP contribution < -0.4 is 24.3 Å². The fourth-order valence-corrected chi connectivity index (χ4v) is 2.89. The Labute approximate surface area is 169 Å². The lowest BCUT2D eigenvalue weighted by Gasteiger charge is -2.19. The van der Waals surface area contributed by atoms with Crippen LogP contribution in [-0.2, 0) is 9.53 Å². The van der Waals surface area contributed by atoms with Crippen molar-refractivity contribution in [1.29, 1.82) is 0 Å². The fraction of sp³-hybridized carbons (Fsp3) is 0.263. The van der Waals surface area contributed by atoms with E-state index in [1.54, 1.807) is 18.2 Å². The molecule has 0 radical (unpaired) electrons. The number of amides is 1. The third-order valence-corrected chi connectivity index (χ3v) is 4.37. The van der Waals surface area contributed by atoms with Crippen LogP contribution in [0.2, 0.25) is 0 Å². The Bertz CT molecular complexity index is 1040. The van der Waals surface area contributed by atoms with Crippen molar-refractivity contribution >= 4 is 23.3 Å². The van der Waals surface area contributed by atoms with Crippen LogP contribution in [0.15, 0.2) is 30.3 Å². The molecule has 11 heteroatoms. The highest BCUT2D eigenvalue weighted by atomic mass is 16.7. The van der Waals surface area contributed by atoms with Crippen molar-refractivity contribution in [3.05, 3.63) is 46.0 Å². The van der Waals surface area contributed by atoms with Crippen LogP contribution >= 0.6 is 0 Å². The standard InChI is InChI=1S/C19H16N2O9/c1-10(18(22)20-11-2-3-14-15(6-11)29-9-28-14)30-19(23)12-7-16-17(27-5-4-26-16)8-13(12)21(24)25/h2-3,6-8,10H,4-5,9H2,1H3,(H,20,22). The summed E-state index contributed by atoms with van der Waals surface area (Å²) in [5.74, 6) is -0.272. The van der Waals surface area contributed by atoms with E-state index in [1.807, 2.05) is 0 Å². The van der Waals surface area contributed by atoms with Gasteiger partial charge in [-0.25, -0.2) is 4.79 Å². The molecule has 0 saturated carbocycles. The van der Waals surface area contributed by atoms with Crippen LogP contribution in [0.25, 0.3) is 0 Å². The van der Waals surface area contributed by atoms with Crippen molar-refractivity contribution < 1.29 is 38.2 Å². The largest absolute Gasteiger partial charge is 0.486 e. The van der Waals surface area contributed by atoms with E-state index in [4.69, 9.17) is 23.7 Å². The molecule has 0 fully saturated rings. The first-order valence-corrected chi connectivity index (χ1v) is 8.92. The molecule has 1 N–H and O–H groups in total. The van der Waals surface area contributed by atoms with Crippen molar-refractivity contribution in [1.82, 2.24) is 0 Å². The minimum atomic E-state index is -1.23. The number of hydrogen-bond acceptors (Lipinski definition) is 9. The van der Waals surface area contributed by atoms with E-state index in [0.29, 0.717) is 17.2 Å². The molecule has 1 unspecified atom stereocenters. The van der Waals surface area contributed by atoms with Gasteiger partial charge in [-0.2, -0.15) is 0 Å². The average Bonchev–Trinajstić information content (AvgIpc) is 3.20. The number of fused-ring (bicyclic) bond motifs is 2. The van der Waals surface area contributed by atoms with Gasteiger partial charge in [-0.3, -0.25) is 14.9 Å². The maximum Gasteiger partial charge on any atom is 0.346 e. The van der Waals surface area contributed by atoms with Gasteiger partial charge in [0, 0.05) is 17.8 Å². The van der Waals surface area contributed by atoms with E-state index in [9.17, 15) is 19.7 Å². The molecule has 2 aliphatic rings. The van der Waals surface area contributed by atoms with Gasteiger partial charge in [0.25, 0.3) is 11.6 Å². The zero-order chi connectivity index (χ0) is 21.3. The van der Waals surface area contributed by atoms with Crippen LogP contribution in [0, 0.1) is 10.1 Å². The molecular weight excluding hydrogens is 400 g/mol. The van der Waals surface area contributed by atoms with Crippen molar-refractivity contribution in [2.75, 3.05) is 25.3 Å². The third-order valence-electron chi connectivity index (χ3n) is 4.37. The SMILES string of the molecule is CC(OC(=O)c1cc2c(cc1[N+](=O)[O-])OCCO2)C(=O)Nc1ccc2c(c1)OCO2. The number of nitro benzene ring substituents is 1. The summed E-state index contributed by atoms with van der Waals surface area (Å²) in [6, 6.07) is 7.08. The predicted octanol–water partition coefficient (Wildman–Crippen LogP) is 2.28. The lowest BCUT2D eigenvalue weighted by Crippen LogP contribution is -2.30. The van der Waals surface area contributed by atoms with Gasteiger partial charge in [0.2, 0.25) is 6.79 Å². The lowest BCUT2D eigenvalue weighted by molar-refractivity contribution is -0.385. The first kappa shape index (κ1) is 19.3. The second-order valence-electron chi connectivity index (χ2n) is 6.37. The molecule has 0 saturated heterocycles. The molecule has 2 aromatic rings. The second-order valence-corrected chi connectivity index (χ2v) is 6.37. The van der Waals surface area contributed by atoms with Crippen LogP contribution in [-0.4, -0.2) is 42.9 Å². The minimum Gasteiger partial charge on any atom is -0.486 e. The van der Waals surface area contributed by atoms with Crippen LogP contribution in [0.1, 0.15) is 17.3 Å². The number of nitrogens with one attached hydrogen (secondary N) is 1. The molecule has 0 aliphatic carbocycles. The fourth-order valence-electron chi connectivity index (χ4n) is 2.89. The van der Waals surface area contributed by atoms with Crippen LogP contribution in [0.5, 0.6) is 23.0 Å². The first-order valence-electron chi connectivity index (χ1n) is 8.92. The van der Waals surface area contributed by atoms with Gasteiger partial charge in [-0.05, 0) is 19.1 Å². The van der Waals surface area contributed by atoms with Gasteiger partial charge in [0.1, 0.15) is 18.8 Å². The minimum absolute atomic E-state index is 0.0923. The Morgan fingerprint density at radius 3 is 2.43 bits per heavy atom. The number of ether oxygens (including phenoxy) is 5. The summed E-state index contributed by atoms with van der Waals surface area (Å²) < 4.78 is 26.2. The van der Waals surface area contributed by atoms with Crippen LogP contribution in [0.3, 0.4) is 0 Å². The van der Waals surface area contributed by atoms with Crippen molar-refractivity contribution in [2.24, 2.45) is 0 Å². The number of rotatable bonds is 5. The first-order chi connectivity index (χ1) is 14.4. The summed E-state index contributed by atoms with van der Waals surface area (Å²) in [7, 11) is 0. The van der Waals surface area contributed by atoms with Crippen molar-refractivity contribution in [3.8, 4) is 23.0 Å². The molecule has 1 atom stereocenters. The number of nitrogens with zero attached hydrogens (tertiary/aromatic N) is 1. The molecule has 2 aromatic carbocycles. The monoisotopic (exact) mass is 416 g/mol. The zero-order valence-corrected chi connectivity index (χ0v) is 15.7. The van der Waals surface area contributed by atoms with E-state index in [0.717, 1.165) is 6.07 Å². The number of benzene rings is 2. The molecule has 30 heavy (non-hydrogen) atoms. The van der Waals surface area contributed by atoms with Gasteiger partial charge in [-0.15, -0.1) is 0 Å². The molecule has 11 nitrogen and oxygen atoms in total. The van der Waals surface area contributed by atoms with E-state index >= 15 is 0 Å². The number of hydrogen-bond donors (Lipinski definition) is 1. The number of esters is 1. The van der Waals surface area contributed by atoms with Gasteiger partial charge in [0.15, 0.2) is 29.1 Å². The molecule has 0 aromatic heterocycles. The van der Waals surface area contributed by atoms with E-state index in [2.05, 4.69) is 5.32 Å². The quantitative estimate of drug-likeness (QED) is 0.442. The maximum atomic E-state index is 12.5. The molecule has 0 bridgehead atoms. The van der Waals surface area contributed by atoms with E-state index in [-0.39, 0.29) is 37.1 Å². The van der Waals surface area contributed by atoms with E-state index < -0.39 is 28.6 Å². The van der Waals surface area contributed by atoms with Gasteiger partial charge < -0.3 is 29.0 Å². The van der Waals surface area contributed by atoms with Gasteiger partial charge >= 0.3 is 5.97 Å². The topological polar surface area (TPSA) is 135 Å². The normalized spacial score (nSPS) is 14.6. The van der Waals surface area contributed by atoms with Crippen LogP contribution in [0.4, 0.5) is 11.4 Å². The molecule has 156 valence electrons. The summed E-state index contributed by atoms with van der Waals surface area (Å²) in [4.78, 5) is 35.6. The number of carbonyl (C=O) groups is 2. The Kier molecular flexibility index (Phi) is 5.00. The van der Waals surface area contributed by atoms with E-state index in [1.165, 1.54) is 13.0 Å². The third kappa shape index (κ3) is 3.77. The molecule has 4 rings (SSSR count). The predicted molar refractivity (Wildman–Crippen MR) is 100 cm³/mol. The van der Waals surface area contributed by atoms with Crippen molar-refractivity contribution in [3.63, 3.8) is 0 Å². The Balaban J connectivity index is 1.47. The average molecular weight is 416 g/mol. The van der Waals surface area contributed by atoms with Gasteiger partial charge in [-0.1, -0.05) is 0 Å². The molecule has 0 spiro atoms. The summed E-state index contributed by atoms with van der Waals surface area (Å²) in [5.41, 5.74) is -0.433. The summed E-state index contributed by atoms with van der Waals surface area (Å²) in [6.07, 6.45) is -1.23. The highest BCUT2D eigenvalue weighted by molar-refractivity contribution is 5.99. The Hall–Kier alpha value is -4.02. The summed E-state index contributed by atoms with van der Waals surface area (Å²) in [5, 5.41) is 14.0. The molecule has 2 heterocycles. The lowest BCUT2D eigenvalue weighted by atomic mass is 10.1. The highest BCUT2D eigenvalue weighted by Crippen LogP contribution is 2.37. The summed E-state index contributed by atoms with van der Waals surface area (Å²) in [6.45, 7) is 1.93. The summed E-state index contributed by atoms with van der Waals surface area (Å²) >= 11 is 0. The second kappa shape index (κ2) is 7.78. The Morgan fingerprint density at radius 2 is 1.70 bits per heavy atom. The number of anilines is 1.